The monoisotopic (exact) mass is 413 g/mol. The average Bonchev–Trinajstić information content (AvgIpc) is 3.12. The van der Waals surface area contributed by atoms with Gasteiger partial charge < -0.3 is 14.9 Å². The normalized spacial score (nSPS) is 11.7. The summed E-state index contributed by atoms with van der Waals surface area (Å²) in [6.07, 6.45) is 1.20. The van der Waals surface area contributed by atoms with Crippen LogP contribution in [0.1, 0.15) is 11.3 Å². The first-order valence-electron chi connectivity index (χ1n) is 8.66. The fraction of sp³-hybridized carbons (Fsp3) is 0.100. The van der Waals surface area contributed by atoms with Crippen molar-refractivity contribution in [2.75, 3.05) is 0 Å². The van der Waals surface area contributed by atoms with Crippen molar-refractivity contribution < 1.29 is 22.3 Å². The second kappa shape index (κ2) is 7.17. The second-order valence-electron chi connectivity index (χ2n) is 6.46. The molecule has 4 aromatic rings. The molecule has 0 bridgehead atoms. The number of H-pyrrole nitrogens is 1. The van der Waals surface area contributed by atoms with Crippen molar-refractivity contribution in [3.8, 4) is 11.5 Å². The molecule has 148 valence electrons. The van der Waals surface area contributed by atoms with Crippen molar-refractivity contribution in [3.63, 3.8) is 0 Å². The average molecular weight is 413 g/mol. The fourth-order valence-corrected chi connectivity index (χ4v) is 4.25. The number of sulfone groups is 1. The van der Waals surface area contributed by atoms with E-state index in [9.17, 15) is 18.0 Å². The summed E-state index contributed by atoms with van der Waals surface area (Å²) in [5, 5.41) is 12.0. The summed E-state index contributed by atoms with van der Waals surface area (Å²) in [4.78, 5) is 6.63. The Morgan fingerprint density at radius 2 is 1.93 bits per heavy atom. The molecular formula is C20H16FN3O4S. The Morgan fingerprint density at radius 1 is 1.17 bits per heavy atom. The molecule has 9 heteroatoms. The van der Waals surface area contributed by atoms with Crippen LogP contribution in [0.25, 0.3) is 11.0 Å². The standard InChI is InChI=1S/C20H16FN3O4S/c1-13-18(24(25)10-9-19(13)28-15-5-3-2-4-6-15)12-29(26,27)20-22-16-8-7-14(21)11-17(16)23-20/h2-11H,12H2,1H3,(H,22,23). The number of aromatic nitrogens is 3. The number of benzene rings is 2. The summed E-state index contributed by atoms with van der Waals surface area (Å²) in [7, 11) is -3.99. The van der Waals surface area contributed by atoms with Gasteiger partial charge in [-0.05, 0) is 37.3 Å². The van der Waals surface area contributed by atoms with Crippen molar-refractivity contribution in [1.82, 2.24) is 9.97 Å². The Balaban J connectivity index is 1.69. The van der Waals surface area contributed by atoms with Crippen molar-refractivity contribution >= 4 is 20.9 Å². The molecule has 2 aromatic carbocycles. The van der Waals surface area contributed by atoms with Crippen molar-refractivity contribution in [2.45, 2.75) is 17.8 Å². The first-order valence-corrected chi connectivity index (χ1v) is 10.3. The molecule has 0 atom stereocenters. The molecule has 0 aliphatic heterocycles. The number of imidazole rings is 1. The smallest absolute Gasteiger partial charge is 0.226 e. The minimum atomic E-state index is -3.99. The van der Waals surface area contributed by atoms with Crippen LogP contribution in [0.5, 0.6) is 11.5 Å². The molecule has 2 heterocycles. The van der Waals surface area contributed by atoms with E-state index in [2.05, 4.69) is 9.97 Å². The largest absolute Gasteiger partial charge is 0.618 e. The first-order chi connectivity index (χ1) is 13.8. The highest BCUT2D eigenvalue weighted by Crippen LogP contribution is 2.27. The number of halogens is 1. The van der Waals surface area contributed by atoms with Crippen LogP contribution in [-0.4, -0.2) is 18.4 Å². The van der Waals surface area contributed by atoms with Crippen LogP contribution in [0.4, 0.5) is 4.39 Å². The number of nitrogens with zero attached hydrogens (tertiary/aromatic N) is 2. The molecule has 0 saturated carbocycles. The van der Waals surface area contributed by atoms with Crippen molar-refractivity contribution in [3.05, 3.63) is 83.1 Å². The molecule has 0 spiro atoms. The Kier molecular flexibility index (Phi) is 4.67. The van der Waals surface area contributed by atoms with Gasteiger partial charge in [-0.2, -0.15) is 4.73 Å². The summed E-state index contributed by atoms with van der Waals surface area (Å²) in [5.41, 5.74) is 0.997. The topological polar surface area (TPSA) is 99.0 Å². The summed E-state index contributed by atoms with van der Waals surface area (Å²) in [6, 6.07) is 14.2. The zero-order valence-electron chi connectivity index (χ0n) is 15.3. The Labute approximate surface area is 165 Å². The summed E-state index contributed by atoms with van der Waals surface area (Å²) < 4.78 is 45.3. The van der Waals surface area contributed by atoms with Crippen LogP contribution >= 0.6 is 0 Å². The van der Waals surface area contributed by atoms with Gasteiger partial charge in [-0.25, -0.2) is 17.8 Å². The van der Waals surface area contributed by atoms with E-state index in [-0.39, 0.29) is 16.4 Å². The third-order valence-corrected chi connectivity index (χ3v) is 5.88. The first kappa shape index (κ1) is 18.9. The number of ether oxygens (including phenoxy) is 1. The van der Waals surface area contributed by atoms with Crippen molar-refractivity contribution in [2.24, 2.45) is 0 Å². The number of aromatic amines is 1. The molecule has 4 rings (SSSR count). The van der Waals surface area contributed by atoms with Crippen LogP contribution in [-0.2, 0) is 15.6 Å². The van der Waals surface area contributed by atoms with Gasteiger partial charge in [0.1, 0.15) is 23.1 Å². The number of hydrogen-bond acceptors (Lipinski definition) is 5. The zero-order valence-corrected chi connectivity index (χ0v) is 16.1. The van der Waals surface area contributed by atoms with E-state index in [1.54, 1.807) is 31.2 Å². The van der Waals surface area contributed by atoms with Crippen LogP contribution in [0.2, 0.25) is 0 Å². The Hall–Kier alpha value is -3.46. The van der Waals surface area contributed by atoms with Gasteiger partial charge in [0.15, 0.2) is 6.20 Å². The highest BCUT2D eigenvalue weighted by atomic mass is 32.2. The minimum absolute atomic E-state index is 0.0186. The van der Waals surface area contributed by atoms with E-state index >= 15 is 0 Å². The lowest BCUT2D eigenvalue weighted by atomic mass is 10.2. The van der Waals surface area contributed by atoms with E-state index in [1.807, 2.05) is 6.07 Å². The SMILES string of the molecule is Cc1c(Oc2ccccc2)cc[n+]([O-])c1CS(=O)(=O)c1nc2ccc(F)cc2[nH]1. The third kappa shape index (κ3) is 3.77. The Bertz CT molecular complexity index is 1300. The van der Waals surface area contributed by atoms with Crippen LogP contribution in [0.3, 0.4) is 0 Å². The Morgan fingerprint density at radius 3 is 2.69 bits per heavy atom. The van der Waals surface area contributed by atoms with E-state index in [0.29, 0.717) is 27.3 Å². The molecule has 0 aliphatic carbocycles. The van der Waals surface area contributed by atoms with Gasteiger partial charge in [-0.1, -0.05) is 18.2 Å². The van der Waals surface area contributed by atoms with E-state index in [4.69, 9.17) is 4.74 Å². The second-order valence-corrected chi connectivity index (χ2v) is 8.36. The number of pyridine rings is 1. The molecule has 2 aromatic heterocycles. The highest BCUT2D eigenvalue weighted by molar-refractivity contribution is 7.90. The number of hydrogen-bond donors (Lipinski definition) is 1. The van der Waals surface area contributed by atoms with Gasteiger partial charge in [0.05, 0.1) is 16.6 Å². The summed E-state index contributed by atoms with van der Waals surface area (Å²) >= 11 is 0. The molecule has 0 aliphatic rings. The maximum absolute atomic E-state index is 13.4. The molecule has 0 fully saturated rings. The van der Waals surface area contributed by atoms with Gasteiger partial charge in [-0.15, -0.1) is 0 Å². The predicted molar refractivity (Wildman–Crippen MR) is 104 cm³/mol. The number of fused-ring (bicyclic) bond motifs is 1. The molecule has 0 unspecified atom stereocenters. The van der Waals surface area contributed by atoms with Gasteiger partial charge in [0, 0.05) is 6.07 Å². The van der Waals surface area contributed by atoms with Gasteiger partial charge in [0.2, 0.25) is 20.7 Å². The molecule has 29 heavy (non-hydrogen) atoms. The highest BCUT2D eigenvalue weighted by Gasteiger charge is 2.27. The molecule has 0 saturated heterocycles. The van der Waals surface area contributed by atoms with Crippen LogP contribution < -0.4 is 9.47 Å². The molecule has 0 amide bonds. The molecule has 7 nitrogen and oxygen atoms in total. The lowest BCUT2D eigenvalue weighted by Gasteiger charge is -2.12. The minimum Gasteiger partial charge on any atom is -0.618 e. The number of nitrogens with one attached hydrogen (secondary N) is 1. The lowest BCUT2D eigenvalue weighted by molar-refractivity contribution is -0.613. The van der Waals surface area contributed by atoms with Gasteiger partial charge in [-0.3, -0.25) is 0 Å². The van der Waals surface area contributed by atoms with Crippen molar-refractivity contribution in [1.29, 1.82) is 0 Å². The van der Waals surface area contributed by atoms with E-state index < -0.39 is 21.4 Å². The fourth-order valence-electron chi connectivity index (χ4n) is 2.91. The zero-order chi connectivity index (χ0) is 20.6. The number of rotatable bonds is 5. The van der Waals surface area contributed by atoms with Gasteiger partial charge >= 0.3 is 0 Å². The maximum Gasteiger partial charge on any atom is 0.226 e. The molecular weight excluding hydrogens is 397 g/mol. The summed E-state index contributed by atoms with van der Waals surface area (Å²) in [5.74, 6) is -0.159. The molecule has 0 radical (unpaired) electrons. The van der Waals surface area contributed by atoms with Gasteiger partial charge in [0.25, 0.3) is 0 Å². The quantitative estimate of drug-likeness (QED) is 0.399. The van der Waals surface area contributed by atoms with Crippen LogP contribution in [0, 0.1) is 17.9 Å². The number of para-hydroxylation sites is 1. The molecule has 1 N–H and O–H groups in total. The van der Waals surface area contributed by atoms with Crippen LogP contribution in [0.15, 0.2) is 66.0 Å². The predicted octanol–water partition coefficient (Wildman–Crippen LogP) is 3.41. The lowest BCUT2D eigenvalue weighted by Crippen LogP contribution is -2.34. The van der Waals surface area contributed by atoms with E-state index in [1.165, 1.54) is 24.4 Å². The van der Waals surface area contributed by atoms with E-state index in [0.717, 1.165) is 6.07 Å². The third-order valence-electron chi connectivity index (χ3n) is 4.44. The summed E-state index contributed by atoms with van der Waals surface area (Å²) in [6.45, 7) is 1.62. The maximum atomic E-state index is 13.4.